The highest BCUT2D eigenvalue weighted by Gasteiger charge is 2.28. The van der Waals surface area contributed by atoms with Crippen LogP contribution in [0.1, 0.15) is 27.6 Å². The standard InChI is InChI=1S/C15H16N6O2.C8H5FO/c1-9-13(23-14(19-9)12-5-20(2)8-18-12)15(22)21-4-3-10-11(6-21)17-7-16-10;9-7-3-1-2-6-4-5-10-8(6)7/h5,7-8H,3-4,6H2,1-2H3,(H,16,17);1-5H. The van der Waals surface area contributed by atoms with E-state index in [1.807, 2.05) is 13.1 Å². The van der Waals surface area contributed by atoms with Crippen molar-refractivity contribution in [3.8, 4) is 11.6 Å². The Morgan fingerprint density at radius 1 is 1.24 bits per heavy atom. The molecule has 5 aromatic rings. The Hall–Kier alpha value is -4.21. The highest BCUT2D eigenvalue weighted by atomic mass is 19.1. The fraction of sp³-hybridized carbons (Fsp3) is 0.217. The van der Waals surface area contributed by atoms with Gasteiger partial charge in [-0.15, -0.1) is 0 Å². The van der Waals surface area contributed by atoms with E-state index in [-0.39, 0.29) is 17.5 Å². The van der Waals surface area contributed by atoms with E-state index in [0.717, 1.165) is 23.2 Å². The van der Waals surface area contributed by atoms with Gasteiger partial charge in [0.05, 0.1) is 42.5 Å². The number of nitrogens with zero attached hydrogens (tertiary/aromatic N) is 5. The first-order chi connectivity index (χ1) is 16.0. The Kier molecular flexibility index (Phi) is 5.25. The summed E-state index contributed by atoms with van der Waals surface area (Å²) in [5.41, 5.74) is 3.53. The molecule has 0 atom stereocenters. The van der Waals surface area contributed by atoms with Crippen molar-refractivity contribution in [2.45, 2.75) is 19.9 Å². The van der Waals surface area contributed by atoms with Gasteiger partial charge < -0.3 is 23.3 Å². The van der Waals surface area contributed by atoms with Crippen molar-refractivity contribution in [1.82, 2.24) is 29.4 Å². The molecule has 5 heterocycles. The first-order valence-electron chi connectivity index (χ1n) is 10.4. The van der Waals surface area contributed by atoms with E-state index >= 15 is 0 Å². The molecule has 0 saturated carbocycles. The molecule has 0 fully saturated rings. The molecule has 1 amide bonds. The van der Waals surface area contributed by atoms with Gasteiger partial charge in [0.25, 0.3) is 5.91 Å². The normalized spacial score (nSPS) is 13.0. The monoisotopic (exact) mass is 448 g/mol. The summed E-state index contributed by atoms with van der Waals surface area (Å²) >= 11 is 0. The molecular formula is C23H21FN6O3. The number of aryl methyl sites for hydroxylation is 2. The number of nitrogens with one attached hydrogen (secondary N) is 1. The Morgan fingerprint density at radius 3 is 2.91 bits per heavy atom. The van der Waals surface area contributed by atoms with E-state index in [4.69, 9.17) is 8.83 Å². The third-order valence-electron chi connectivity index (χ3n) is 5.41. The zero-order valence-corrected chi connectivity index (χ0v) is 18.1. The summed E-state index contributed by atoms with van der Waals surface area (Å²) in [5, 5.41) is 0.806. The number of carbonyl (C=O) groups excluding carboxylic acids is 1. The van der Waals surface area contributed by atoms with Crippen LogP contribution in [-0.4, -0.2) is 41.9 Å². The number of imidazole rings is 2. The molecule has 10 heteroatoms. The second-order valence-electron chi connectivity index (χ2n) is 7.74. The van der Waals surface area contributed by atoms with Crippen molar-refractivity contribution in [2.24, 2.45) is 7.05 Å². The molecule has 1 aliphatic heterocycles. The average molecular weight is 448 g/mol. The van der Waals surface area contributed by atoms with Crippen molar-refractivity contribution in [3.63, 3.8) is 0 Å². The minimum absolute atomic E-state index is 0.155. The predicted molar refractivity (Wildman–Crippen MR) is 117 cm³/mol. The number of hydrogen-bond donors (Lipinski definition) is 1. The van der Waals surface area contributed by atoms with Crippen LogP contribution in [0.3, 0.4) is 0 Å². The van der Waals surface area contributed by atoms with Crippen LogP contribution in [0.4, 0.5) is 4.39 Å². The number of oxazole rings is 1. The van der Waals surface area contributed by atoms with Gasteiger partial charge in [0.1, 0.15) is 5.69 Å². The summed E-state index contributed by atoms with van der Waals surface area (Å²) in [6, 6.07) is 6.58. The summed E-state index contributed by atoms with van der Waals surface area (Å²) in [7, 11) is 1.87. The van der Waals surface area contributed by atoms with Gasteiger partial charge >= 0.3 is 0 Å². The van der Waals surface area contributed by atoms with Gasteiger partial charge in [-0.2, -0.15) is 0 Å². The maximum atomic E-state index is 12.7. The predicted octanol–water partition coefficient (Wildman–Crippen LogP) is 3.88. The van der Waals surface area contributed by atoms with E-state index in [1.165, 1.54) is 12.3 Å². The summed E-state index contributed by atoms with van der Waals surface area (Å²) in [6.07, 6.45) is 7.36. The number of carbonyl (C=O) groups is 1. The molecule has 0 unspecified atom stereocenters. The van der Waals surface area contributed by atoms with Crippen molar-refractivity contribution in [2.75, 3.05) is 6.54 Å². The van der Waals surface area contributed by atoms with Crippen LogP contribution >= 0.6 is 0 Å². The number of aromatic amines is 1. The molecule has 1 aliphatic rings. The van der Waals surface area contributed by atoms with Gasteiger partial charge in [-0.1, -0.05) is 12.1 Å². The molecule has 9 nitrogen and oxygen atoms in total. The minimum Gasteiger partial charge on any atom is -0.461 e. The fourth-order valence-corrected chi connectivity index (χ4v) is 3.71. The zero-order valence-electron chi connectivity index (χ0n) is 18.1. The van der Waals surface area contributed by atoms with E-state index < -0.39 is 0 Å². The summed E-state index contributed by atoms with van der Waals surface area (Å²) in [5.74, 6) is 0.180. The lowest BCUT2D eigenvalue weighted by atomic mass is 10.1. The number of rotatable bonds is 2. The van der Waals surface area contributed by atoms with Crippen molar-refractivity contribution >= 4 is 16.9 Å². The van der Waals surface area contributed by atoms with Crippen molar-refractivity contribution in [1.29, 1.82) is 0 Å². The number of para-hydroxylation sites is 1. The number of benzene rings is 1. The highest BCUT2D eigenvalue weighted by Crippen LogP contribution is 2.23. The molecule has 0 aliphatic carbocycles. The second-order valence-corrected chi connectivity index (χ2v) is 7.74. The van der Waals surface area contributed by atoms with Crippen molar-refractivity contribution in [3.05, 3.63) is 78.0 Å². The van der Waals surface area contributed by atoms with Crippen LogP contribution in [0.5, 0.6) is 0 Å². The third kappa shape index (κ3) is 4.02. The topological polar surface area (TPSA) is 106 Å². The Labute approximate surface area is 187 Å². The smallest absolute Gasteiger partial charge is 0.291 e. The Morgan fingerprint density at radius 2 is 2.12 bits per heavy atom. The van der Waals surface area contributed by atoms with Gasteiger partial charge in [-0.05, 0) is 19.1 Å². The molecule has 0 radical (unpaired) electrons. The van der Waals surface area contributed by atoms with Gasteiger partial charge in [-0.25, -0.2) is 19.3 Å². The molecule has 168 valence electrons. The van der Waals surface area contributed by atoms with Gasteiger partial charge in [0.2, 0.25) is 11.7 Å². The molecule has 0 saturated heterocycles. The van der Waals surface area contributed by atoms with E-state index in [2.05, 4.69) is 19.9 Å². The zero-order chi connectivity index (χ0) is 22.9. The lowest BCUT2D eigenvalue weighted by Gasteiger charge is -2.25. The minimum atomic E-state index is -0.303. The fourth-order valence-electron chi connectivity index (χ4n) is 3.71. The number of aromatic nitrogens is 5. The van der Waals surface area contributed by atoms with Gasteiger partial charge in [0, 0.05) is 31.6 Å². The molecule has 4 aromatic heterocycles. The largest absolute Gasteiger partial charge is 0.461 e. The lowest BCUT2D eigenvalue weighted by Crippen LogP contribution is -2.36. The van der Waals surface area contributed by atoms with Gasteiger partial charge in [0.15, 0.2) is 11.4 Å². The molecule has 0 spiro atoms. The summed E-state index contributed by atoms with van der Waals surface area (Å²) in [6.45, 7) is 2.90. The van der Waals surface area contributed by atoms with E-state index in [0.29, 0.717) is 36.0 Å². The first-order valence-corrected chi connectivity index (χ1v) is 10.4. The molecular weight excluding hydrogens is 427 g/mol. The lowest BCUT2D eigenvalue weighted by molar-refractivity contribution is 0.0699. The quantitative estimate of drug-likeness (QED) is 0.439. The molecule has 1 aromatic carbocycles. The number of fused-ring (bicyclic) bond motifs is 2. The number of hydrogen-bond acceptors (Lipinski definition) is 6. The van der Waals surface area contributed by atoms with Crippen molar-refractivity contribution < 1.29 is 18.0 Å². The highest BCUT2D eigenvalue weighted by molar-refractivity contribution is 5.93. The Bertz CT molecular complexity index is 1430. The number of H-pyrrole nitrogens is 1. The Balaban J connectivity index is 0.000000190. The van der Waals surface area contributed by atoms with Gasteiger partial charge in [-0.3, -0.25) is 4.79 Å². The van der Waals surface area contributed by atoms with Crippen LogP contribution in [0.15, 0.2) is 58.2 Å². The number of halogens is 1. The maximum absolute atomic E-state index is 12.7. The maximum Gasteiger partial charge on any atom is 0.291 e. The van der Waals surface area contributed by atoms with Crippen LogP contribution < -0.4 is 0 Å². The number of furan rings is 1. The molecule has 0 bridgehead atoms. The van der Waals surface area contributed by atoms with Crippen LogP contribution in [0.25, 0.3) is 22.6 Å². The van der Waals surface area contributed by atoms with Crippen LogP contribution in [-0.2, 0) is 20.0 Å². The first kappa shape index (κ1) is 20.7. The van der Waals surface area contributed by atoms with Crippen LogP contribution in [0, 0.1) is 12.7 Å². The summed E-state index contributed by atoms with van der Waals surface area (Å²) in [4.78, 5) is 30.3. The molecule has 6 rings (SSSR count). The summed E-state index contributed by atoms with van der Waals surface area (Å²) < 4.78 is 25.1. The van der Waals surface area contributed by atoms with Crippen LogP contribution in [0.2, 0.25) is 0 Å². The van der Waals surface area contributed by atoms with E-state index in [1.54, 1.807) is 47.4 Å². The molecule has 1 N–H and O–H groups in total. The second kappa shape index (κ2) is 8.38. The SMILES string of the molecule is Cc1nc(-c2cn(C)cn2)oc1C(=O)N1CCc2nc[nH]c2C1.Fc1cccc2ccoc12. The van der Waals surface area contributed by atoms with E-state index in [9.17, 15) is 9.18 Å². The average Bonchev–Trinajstić information content (AvgIpc) is 3.60. The number of amides is 1. The third-order valence-corrected chi connectivity index (χ3v) is 5.41. The molecule has 33 heavy (non-hydrogen) atoms.